The Bertz CT molecular complexity index is 1300. The lowest BCUT2D eigenvalue weighted by molar-refractivity contribution is -0.144. The molecule has 1 aliphatic heterocycles. The van der Waals surface area contributed by atoms with E-state index in [0.717, 1.165) is 40.1 Å². The predicted molar refractivity (Wildman–Crippen MR) is 133 cm³/mol. The minimum absolute atomic E-state index is 0.422. The molecule has 0 saturated carbocycles. The van der Waals surface area contributed by atoms with Gasteiger partial charge >= 0.3 is 5.97 Å². The Hall–Kier alpha value is -3.90. The smallest absolute Gasteiger partial charge is 0.325 e. The number of oxazole rings is 1. The number of benzene rings is 3. The summed E-state index contributed by atoms with van der Waals surface area (Å²) in [6.07, 6.45) is 1.41. The number of hydrogen-bond donors (Lipinski definition) is 1. The van der Waals surface area contributed by atoms with Crippen LogP contribution in [0.15, 0.2) is 83.3 Å². The Morgan fingerprint density at radius 3 is 2.57 bits per heavy atom. The highest BCUT2D eigenvalue weighted by Gasteiger charge is 2.33. The van der Waals surface area contributed by atoms with Crippen molar-refractivity contribution in [2.45, 2.75) is 32.4 Å². The maximum Gasteiger partial charge on any atom is 0.325 e. The molecular formula is C29H28N2O4. The van der Waals surface area contributed by atoms with Gasteiger partial charge in [-0.25, -0.2) is 4.98 Å². The van der Waals surface area contributed by atoms with Crippen LogP contribution in [0, 0.1) is 6.92 Å². The number of nitrogens with zero attached hydrogens (tertiary/aromatic N) is 2. The molecule has 0 radical (unpaired) electrons. The molecule has 6 nitrogen and oxygen atoms in total. The number of carbonyl (C=O) groups is 1. The van der Waals surface area contributed by atoms with Crippen LogP contribution in [0.4, 0.5) is 0 Å². The van der Waals surface area contributed by atoms with E-state index in [-0.39, 0.29) is 0 Å². The molecule has 0 bridgehead atoms. The first-order valence-electron chi connectivity index (χ1n) is 11.9. The van der Waals surface area contributed by atoms with Gasteiger partial charge in [-0.3, -0.25) is 9.69 Å². The Morgan fingerprint density at radius 2 is 1.83 bits per heavy atom. The second-order valence-electron chi connectivity index (χ2n) is 8.79. The lowest BCUT2D eigenvalue weighted by Gasteiger charge is -2.35. The highest BCUT2D eigenvalue weighted by atomic mass is 16.5. The number of carboxylic acids is 1. The number of rotatable bonds is 8. The van der Waals surface area contributed by atoms with Crippen molar-refractivity contribution in [1.29, 1.82) is 0 Å². The van der Waals surface area contributed by atoms with Crippen molar-refractivity contribution in [3.63, 3.8) is 0 Å². The second-order valence-corrected chi connectivity index (χ2v) is 8.79. The van der Waals surface area contributed by atoms with Crippen molar-refractivity contribution in [2.24, 2.45) is 0 Å². The first-order chi connectivity index (χ1) is 17.1. The van der Waals surface area contributed by atoms with Crippen LogP contribution < -0.4 is 4.74 Å². The minimum Gasteiger partial charge on any atom is -0.493 e. The number of aromatic nitrogens is 1. The molecular weight excluding hydrogens is 440 g/mol. The molecule has 35 heavy (non-hydrogen) atoms. The number of fused-ring (bicyclic) bond motifs is 1. The Morgan fingerprint density at radius 1 is 1.09 bits per heavy atom. The van der Waals surface area contributed by atoms with Crippen molar-refractivity contribution in [3.05, 3.63) is 107 Å². The summed E-state index contributed by atoms with van der Waals surface area (Å²) in [6, 6.07) is 24.9. The molecule has 178 valence electrons. The zero-order valence-corrected chi connectivity index (χ0v) is 19.7. The van der Waals surface area contributed by atoms with Crippen molar-refractivity contribution in [3.8, 4) is 17.2 Å². The summed E-state index contributed by atoms with van der Waals surface area (Å²) in [5.74, 6) is 1.21. The monoisotopic (exact) mass is 468 g/mol. The van der Waals surface area contributed by atoms with Gasteiger partial charge in [0, 0.05) is 25.1 Å². The molecule has 1 aliphatic rings. The molecule has 0 amide bonds. The summed E-state index contributed by atoms with van der Waals surface area (Å²) >= 11 is 0. The van der Waals surface area contributed by atoms with Gasteiger partial charge in [-0.05, 0) is 54.3 Å². The highest BCUT2D eigenvalue weighted by Crippen LogP contribution is 2.34. The fourth-order valence-corrected chi connectivity index (χ4v) is 4.64. The average Bonchev–Trinajstić information content (AvgIpc) is 3.25. The van der Waals surface area contributed by atoms with Gasteiger partial charge in [0.15, 0.2) is 0 Å². The highest BCUT2D eigenvalue weighted by molar-refractivity contribution is 5.77. The predicted octanol–water partition coefficient (Wildman–Crippen LogP) is 5.46. The molecule has 1 N–H and O–H groups in total. The van der Waals surface area contributed by atoms with Crippen LogP contribution in [0.3, 0.4) is 0 Å². The van der Waals surface area contributed by atoms with Crippen molar-refractivity contribution >= 4 is 5.97 Å². The normalized spacial score (nSPS) is 15.5. The van der Waals surface area contributed by atoms with Crippen LogP contribution in [0.1, 0.15) is 34.2 Å². The van der Waals surface area contributed by atoms with Gasteiger partial charge < -0.3 is 14.3 Å². The van der Waals surface area contributed by atoms with Gasteiger partial charge in [0.2, 0.25) is 5.89 Å². The third-order valence-electron chi connectivity index (χ3n) is 6.43. The molecule has 0 aliphatic carbocycles. The van der Waals surface area contributed by atoms with E-state index in [4.69, 9.17) is 9.15 Å². The molecule has 1 aromatic heterocycles. The Labute approximate surface area is 204 Å². The van der Waals surface area contributed by atoms with Gasteiger partial charge in [0.25, 0.3) is 0 Å². The van der Waals surface area contributed by atoms with Gasteiger partial charge in [0.1, 0.15) is 17.6 Å². The number of hydrogen-bond acceptors (Lipinski definition) is 5. The second kappa shape index (κ2) is 10.2. The van der Waals surface area contributed by atoms with Crippen molar-refractivity contribution < 1.29 is 19.1 Å². The van der Waals surface area contributed by atoms with Crippen LogP contribution >= 0.6 is 0 Å². The summed E-state index contributed by atoms with van der Waals surface area (Å²) in [5.41, 5.74) is 4.78. The zero-order valence-electron chi connectivity index (χ0n) is 19.7. The number of aryl methyl sites for hydroxylation is 1. The summed E-state index contributed by atoms with van der Waals surface area (Å²) < 4.78 is 11.9. The topological polar surface area (TPSA) is 75.8 Å². The lowest BCUT2D eigenvalue weighted by atomic mass is 9.92. The molecule has 4 aromatic rings. The molecule has 0 saturated heterocycles. The lowest BCUT2D eigenvalue weighted by Crippen LogP contribution is -2.39. The Kier molecular flexibility index (Phi) is 6.64. The van der Waals surface area contributed by atoms with Crippen LogP contribution in [0.2, 0.25) is 0 Å². The standard InChI is InChI=1S/C29H28N2O4/c1-20-26(30-28(35-20)23-10-6-3-7-11-23)15-17-34-24-13-12-22-14-16-31(19-21-8-4-2-5-9-21)27(29(32)33)25(22)18-24/h2-13,18,27H,14-17,19H2,1H3,(H,32,33). The van der Waals surface area contributed by atoms with Gasteiger partial charge in [-0.1, -0.05) is 54.6 Å². The number of aliphatic carboxylic acids is 1. The summed E-state index contributed by atoms with van der Waals surface area (Å²) in [7, 11) is 0. The third kappa shape index (κ3) is 5.12. The molecule has 3 aromatic carbocycles. The van der Waals surface area contributed by atoms with Crippen LogP contribution in [0.25, 0.3) is 11.5 Å². The summed E-state index contributed by atoms with van der Waals surface area (Å²) in [4.78, 5) is 18.9. The van der Waals surface area contributed by atoms with E-state index in [2.05, 4.69) is 4.98 Å². The summed E-state index contributed by atoms with van der Waals surface area (Å²) in [6.45, 7) is 3.63. The van der Waals surface area contributed by atoms with Crippen LogP contribution in [-0.2, 0) is 24.2 Å². The van der Waals surface area contributed by atoms with E-state index < -0.39 is 12.0 Å². The van der Waals surface area contributed by atoms with Gasteiger partial charge in [0.05, 0.1) is 12.3 Å². The van der Waals surface area contributed by atoms with E-state index >= 15 is 0 Å². The van der Waals surface area contributed by atoms with E-state index in [1.807, 2.05) is 90.7 Å². The first kappa shape index (κ1) is 22.9. The molecule has 0 spiro atoms. The maximum absolute atomic E-state index is 12.3. The largest absolute Gasteiger partial charge is 0.493 e. The fraction of sp³-hybridized carbons (Fsp3) is 0.241. The molecule has 1 atom stereocenters. The third-order valence-corrected chi connectivity index (χ3v) is 6.43. The molecule has 5 rings (SSSR count). The fourth-order valence-electron chi connectivity index (χ4n) is 4.64. The minimum atomic E-state index is -0.842. The van der Waals surface area contributed by atoms with Crippen molar-refractivity contribution in [2.75, 3.05) is 13.2 Å². The number of ether oxygens (including phenoxy) is 1. The van der Waals surface area contributed by atoms with E-state index in [0.29, 0.717) is 37.8 Å². The van der Waals surface area contributed by atoms with E-state index in [9.17, 15) is 9.90 Å². The first-order valence-corrected chi connectivity index (χ1v) is 11.9. The van der Waals surface area contributed by atoms with Crippen molar-refractivity contribution in [1.82, 2.24) is 9.88 Å². The molecule has 6 heteroatoms. The zero-order chi connectivity index (χ0) is 24.2. The molecule has 1 unspecified atom stereocenters. The van der Waals surface area contributed by atoms with Crippen LogP contribution in [-0.4, -0.2) is 34.1 Å². The van der Waals surface area contributed by atoms with E-state index in [1.165, 1.54) is 0 Å². The van der Waals surface area contributed by atoms with Gasteiger partial charge in [-0.2, -0.15) is 0 Å². The number of carboxylic acid groups (broad SMARTS) is 1. The molecule has 2 heterocycles. The average molecular weight is 469 g/mol. The maximum atomic E-state index is 12.3. The SMILES string of the molecule is Cc1oc(-c2ccccc2)nc1CCOc1ccc2c(c1)C(C(=O)O)N(Cc1ccccc1)CC2. The van der Waals surface area contributed by atoms with Gasteiger partial charge in [-0.15, -0.1) is 0 Å². The Balaban J connectivity index is 1.28. The quantitative estimate of drug-likeness (QED) is 0.370. The summed E-state index contributed by atoms with van der Waals surface area (Å²) in [5, 5.41) is 10.1. The van der Waals surface area contributed by atoms with Crippen LogP contribution in [0.5, 0.6) is 5.75 Å². The van der Waals surface area contributed by atoms with E-state index in [1.54, 1.807) is 0 Å². The molecule has 0 fully saturated rings.